The van der Waals surface area contributed by atoms with E-state index in [4.69, 9.17) is 5.73 Å². The summed E-state index contributed by atoms with van der Waals surface area (Å²) in [4.78, 5) is 4.52. The van der Waals surface area contributed by atoms with E-state index >= 15 is 0 Å². The molecule has 1 aromatic carbocycles. The van der Waals surface area contributed by atoms with Crippen LogP contribution in [0.15, 0.2) is 24.3 Å². The molecule has 0 aliphatic heterocycles. The van der Waals surface area contributed by atoms with Crippen molar-refractivity contribution in [2.45, 2.75) is 19.8 Å². The summed E-state index contributed by atoms with van der Waals surface area (Å²) >= 11 is 0. The van der Waals surface area contributed by atoms with Crippen molar-refractivity contribution in [2.24, 2.45) is 5.92 Å². The number of nitrogens with two attached hydrogens (primary N) is 1. The van der Waals surface area contributed by atoms with Gasteiger partial charge in [-0.1, -0.05) is 0 Å². The first-order valence-corrected chi connectivity index (χ1v) is 6.13. The number of hydrogen-bond acceptors (Lipinski definition) is 3. The van der Waals surface area contributed by atoms with Crippen LogP contribution < -0.4 is 11.1 Å². The Morgan fingerprint density at radius 1 is 1.35 bits per heavy atom. The van der Waals surface area contributed by atoms with Crippen LogP contribution in [-0.4, -0.2) is 11.5 Å². The maximum atomic E-state index is 5.84. The summed E-state index contributed by atoms with van der Waals surface area (Å²) in [5.74, 6) is 0.861. The third-order valence-corrected chi connectivity index (χ3v) is 3.24. The Hall–Kier alpha value is -1.77. The highest BCUT2D eigenvalue weighted by atomic mass is 14.9. The molecule has 3 nitrogen and oxygen atoms in total. The highest BCUT2D eigenvalue weighted by Crippen LogP contribution is 2.31. The van der Waals surface area contributed by atoms with Gasteiger partial charge in [-0.15, -0.1) is 0 Å². The number of anilines is 2. The monoisotopic (exact) mass is 227 g/mol. The van der Waals surface area contributed by atoms with Crippen molar-refractivity contribution in [3.8, 4) is 0 Å². The first-order valence-electron chi connectivity index (χ1n) is 6.13. The number of fused-ring (bicyclic) bond motifs is 1. The number of nitrogens with one attached hydrogen (secondary N) is 1. The van der Waals surface area contributed by atoms with Crippen LogP contribution in [0.3, 0.4) is 0 Å². The van der Waals surface area contributed by atoms with Crippen molar-refractivity contribution < 1.29 is 0 Å². The molecule has 0 radical (unpaired) electrons. The van der Waals surface area contributed by atoms with Crippen LogP contribution in [0, 0.1) is 12.8 Å². The van der Waals surface area contributed by atoms with E-state index in [0.29, 0.717) is 0 Å². The van der Waals surface area contributed by atoms with Gasteiger partial charge in [-0.25, -0.2) is 0 Å². The molecule has 88 valence electrons. The summed E-state index contributed by atoms with van der Waals surface area (Å²) in [5, 5.41) is 4.64. The zero-order chi connectivity index (χ0) is 11.8. The number of benzene rings is 1. The maximum Gasteiger partial charge on any atom is 0.0727 e. The van der Waals surface area contributed by atoms with Gasteiger partial charge < -0.3 is 11.1 Å². The Morgan fingerprint density at radius 3 is 2.94 bits per heavy atom. The zero-order valence-electron chi connectivity index (χ0n) is 10.0. The maximum absolute atomic E-state index is 5.84. The first kappa shape index (κ1) is 10.4. The summed E-state index contributed by atoms with van der Waals surface area (Å²) in [6.45, 7) is 3.09. The van der Waals surface area contributed by atoms with Crippen LogP contribution in [0.4, 0.5) is 11.4 Å². The Kier molecular flexibility index (Phi) is 2.39. The standard InChI is InChI=1S/C14H17N3/c1-9-6-14(16-8-10-2-3-10)12-7-11(15)4-5-13(12)17-9/h4-7,10H,2-3,8,15H2,1H3,(H,16,17). The molecule has 1 aliphatic carbocycles. The summed E-state index contributed by atoms with van der Waals surface area (Å²) < 4.78 is 0. The summed E-state index contributed by atoms with van der Waals surface area (Å²) in [7, 11) is 0. The van der Waals surface area contributed by atoms with Gasteiger partial charge in [0.05, 0.1) is 5.52 Å². The van der Waals surface area contributed by atoms with Crippen LogP contribution in [0.5, 0.6) is 0 Å². The molecule has 0 bridgehead atoms. The number of nitrogens with zero attached hydrogens (tertiary/aromatic N) is 1. The summed E-state index contributed by atoms with van der Waals surface area (Å²) in [6.07, 6.45) is 2.72. The number of nitrogen functional groups attached to an aromatic ring is 1. The molecule has 3 N–H and O–H groups in total. The Morgan fingerprint density at radius 2 is 2.18 bits per heavy atom. The van der Waals surface area contributed by atoms with Crippen molar-refractivity contribution >= 4 is 22.3 Å². The average molecular weight is 227 g/mol. The van der Waals surface area contributed by atoms with Crippen molar-refractivity contribution in [3.63, 3.8) is 0 Å². The minimum absolute atomic E-state index is 0.789. The van der Waals surface area contributed by atoms with Gasteiger partial charge in [-0.3, -0.25) is 4.98 Å². The van der Waals surface area contributed by atoms with E-state index in [9.17, 15) is 0 Å². The second-order valence-corrected chi connectivity index (χ2v) is 4.91. The third kappa shape index (κ3) is 2.18. The average Bonchev–Trinajstić information content (AvgIpc) is 3.10. The SMILES string of the molecule is Cc1cc(NCC2CC2)c2cc(N)ccc2n1. The lowest BCUT2D eigenvalue weighted by Crippen LogP contribution is -2.04. The normalized spacial score (nSPS) is 15.1. The van der Waals surface area contributed by atoms with E-state index in [1.807, 2.05) is 25.1 Å². The Labute approximate surface area is 101 Å². The van der Waals surface area contributed by atoms with Gasteiger partial charge in [0.25, 0.3) is 0 Å². The molecule has 1 heterocycles. The van der Waals surface area contributed by atoms with Gasteiger partial charge in [0.15, 0.2) is 0 Å². The Bertz CT molecular complexity index is 559. The molecule has 3 rings (SSSR count). The van der Waals surface area contributed by atoms with Crippen LogP contribution in [-0.2, 0) is 0 Å². The predicted molar refractivity (Wildman–Crippen MR) is 72.1 cm³/mol. The van der Waals surface area contributed by atoms with Gasteiger partial charge in [0, 0.05) is 29.0 Å². The number of hydrogen-bond donors (Lipinski definition) is 2. The van der Waals surface area contributed by atoms with Crippen molar-refractivity contribution in [3.05, 3.63) is 30.0 Å². The lowest BCUT2D eigenvalue weighted by atomic mass is 10.1. The van der Waals surface area contributed by atoms with Crippen LogP contribution in [0.25, 0.3) is 10.9 Å². The lowest BCUT2D eigenvalue weighted by molar-refractivity contribution is 0.890. The quantitative estimate of drug-likeness (QED) is 0.793. The van der Waals surface area contributed by atoms with Crippen LogP contribution in [0.1, 0.15) is 18.5 Å². The summed E-state index contributed by atoms with van der Waals surface area (Å²) in [6, 6.07) is 7.99. The van der Waals surface area contributed by atoms with Gasteiger partial charge in [-0.2, -0.15) is 0 Å². The molecule has 3 heteroatoms. The fourth-order valence-corrected chi connectivity index (χ4v) is 2.10. The molecular formula is C14H17N3. The van der Waals surface area contributed by atoms with Crippen LogP contribution in [0.2, 0.25) is 0 Å². The van der Waals surface area contributed by atoms with E-state index in [2.05, 4.69) is 16.4 Å². The minimum Gasteiger partial charge on any atom is -0.399 e. The van der Waals surface area contributed by atoms with E-state index in [0.717, 1.165) is 40.4 Å². The van der Waals surface area contributed by atoms with Gasteiger partial charge >= 0.3 is 0 Å². The predicted octanol–water partition coefficient (Wildman–Crippen LogP) is 2.95. The van der Waals surface area contributed by atoms with Crippen LogP contribution >= 0.6 is 0 Å². The summed E-state index contributed by atoms with van der Waals surface area (Å²) in [5.41, 5.74) is 9.85. The molecule has 1 fully saturated rings. The molecule has 0 spiro atoms. The van der Waals surface area contributed by atoms with Crippen molar-refractivity contribution in [1.29, 1.82) is 0 Å². The highest BCUT2D eigenvalue weighted by Gasteiger charge is 2.20. The minimum atomic E-state index is 0.789. The molecule has 0 unspecified atom stereocenters. The van der Waals surface area contributed by atoms with E-state index in [1.54, 1.807) is 0 Å². The largest absolute Gasteiger partial charge is 0.399 e. The second-order valence-electron chi connectivity index (χ2n) is 4.91. The lowest BCUT2D eigenvalue weighted by Gasteiger charge is -2.10. The number of aromatic nitrogens is 1. The van der Waals surface area contributed by atoms with E-state index < -0.39 is 0 Å². The smallest absolute Gasteiger partial charge is 0.0727 e. The van der Waals surface area contributed by atoms with Crippen molar-refractivity contribution in [2.75, 3.05) is 17.6 Å². The second kappa shape index (κ2) is 3.91. The van der Waals surface area contributed by atoms with E-state index in [1.165, 1.54) is 12.8 Å². The van der Waals surface area contributed by atoms with Gasteiger partial charge in [0.2, 0.25) is 0 Å². The molecule has 0 saturated heterocycles. The third-order valence-electron chi connectivity index (χ3n) is 3.24. The number of aryl methyl sites for hydroxylation is 1. The molecule has 1 aromatic heterocycles. The topological polar surface area (TPSA) is 50.9 Å². The fraction of sp³-hybridized carbons (Fsp3) is 0.357. The van der Waals surface area contributed by atoms with Crippen molar-refractivity contribution in [1.82, 2.24) is 4.98 Å². The molecule has 1 aliphatic rings. The molecule has 17 heavy (non-hydrogen) atoms. The molecule has 0 amide bonds. The first-order chi connectivity index (χ1) is 8.22. The van der Waals surface area contributed by atoms with Gasteiger partial charge in [0.1, 0.15) is 0 Å². The highest BCUT2D eigenvalue weighted by molar-refractivity contribution is 5.93. The zero-order valence-corrected chi connectivity index (χ0v) is 10.0. The molecule has 2 aromatic rings. The van der Waals surface area contributed by atoms with E-state index in [-0.39, 0.29) is 0 Å². The number of rotatable bonds is 3. The number of pyridine rings is 1. The van der Waals surface area contributed by atoms with Gasteiger partial charge in [-0.05, 0) is 49.9 Å². The molecular weight excluding hydrogens is 210 g/mol. The molecule has 1 saturated carbocycles. The fourth-order valence-electron chi connectivity index (χ4n) is 2.10. The molecule has 0 atom stereocenters. The Balaban J connectivity index is 2.02.